The van der Waals surface area contributed by atoms with Crippen molar-refractivity contribution in [2.24, 2.45) is 17.0 Å². The minimum atomic E-state index is -3.67. The van der Waals surface area contributed by atoms with Crippen LogP contribution in [0.1, 0.15) is 45.1 Å². The highest BCUT2D eigenvalue weighted by Gasteiger charge is 2.28. The molecule has 0 amide bonds. The van der Waals surface area contributed by atoms with Gasteiger partial charge in [0.25, 0.3) is 0 Å². The second-order valence-corrected chi connectivity index (χ2v) is 7.95. The second-order valence-electron chi connectivity index (χ2n) is 6.42. The molecule has 0 heterocycles. The Balaban J connectivity index is 2.27. The van der Waals surface area contributed by atoms with Gasteiger partial charge in [-0.3, -0.25) is 0 Å². The molecule has 1 saturated carbocycles. The van der Waals surface area contributed by atoms with Crippen LogP contribution in [0.25, 0.3) is 0 Å². The third-order valence-electron chi connectivity index (χ3n) is 4.61. The van der Waals surface area contributed by atoms with Gasteiger partial charge in [0, 0.05) is 11.7 Å². The number of nitrogens with two attached hydrogens (primary N) is 1. The molecule has 1 aromatic carbocycles. The molecule has 5 heteroatoms. The SMILES string of the molecule is Cc1c(NC2CCCCC2C(C)C)cccc1S(N)(=O)=O. The average Bonchev–Trinajstić information content (AvgIpc) is 2.40. The number of primary sulfonamides is 1. The van der Waals surface area contributed by atoms with Gasteiger partial charge in [-0.1, -0.05) is 32.8 Å². The molecular formula is C16H26N2O2S. The summed E-state index contributed by atoms with van der Waals surface area (Å²) < 4.78 is 23.2. The molecule has 118 valence electrons. The van der Waals surface area contributed by atoms with Crippen LogP contribution in [0.4, 0.5) is 5.69 Å². The van der Waals surface area contributed by atoms with Crippen molar-refractivity contribution >= 4 is 15.7 Å². The number of hydrogen-bond acceptors (Lipinski definition) is 3. The Kier molecular flexibility index (Phi) is 4.94. The zero-order chi connectivity index (χ0) is 15.6. The predicted molar refractivity (Wildman–Crippen MR) is 86.8 cm³/mol. The van der Waals surface area contributed by atoms with Crippen molar-refractivity contribution in [2.45, 2.75) is 57.4 Å². The third kappa shape index (κ3) is 3.77. The van der Waals surface area contributed by atoms with Crippen LogP contribution < -0.4 is 10.5 Å². The van der Waals surface area contributed by atoms with E-state index in [2.05, 4.69) is 19.2 Å². The van der Waals surface area contributed by atoms with E-state index in [0.29, 0.717) is 23.4 Å². The van der Waals surface area contributed by atoms with Crippen LogP contribution in [-0.2, 0) is 10.0 Å². The Labute approximate surface area is 128 Å². The molecule has 0 radical (unpaired) electrons. The van der Waals surface area contributed by atoms with Crippen molar-refractivity contribution in [3.63, 3.8) is 0 Å². The molecule has 1 fully saturated rings. The number of rotatable bonds is 4. The maximum atomic E-state index is 11.6. The van der Waals surface area contributed by atoms with Gasteiger partial charge in [0.15, 0.2) is 0 Å². The van der Waals surface area contributed by atoms with E-state index in [0.717, 1.165) is 12.1 Å². The van der Waals surface area contributed by atoms with Crippen molar-refractivity contribution in [3.05, 3.63) is 23.8 Å². The molecule has 0 spiro atoms. The molecule has 3 N–H and O–H groups in total. The molecule has 1 aliphatic carbocycles. The van der Waals surface area contributed by atoms with E-state index in [1.54, 1.807) is 12.1 Å². The Hall–Kier alpha value is -1.07. The number of anilines is 1. The summed E-state index contributed by atoms with van der Waals surface area (Å²) in [6, 6.07) is 5.67. The quantitative estimate of drug-likeness (QED) is 0.896. The van der Waals surface area contributed by atoms with Crippen LogP contribution in [-0.4, -0.2) is 14.5 Å². The van der Waals surface area contributed by atoms with Gasteiger partial charge in [0.1, 0.15) is 0 Å². The Bertz CT molecular complexity index is 596. The smallest absolute Gasteiger partial charge is 0.238 e. The van der Waals surface area contributed by atoms with E-state index in [-0.39, 0.29) is 4.90 Å². The van der Waals surface area contributed by atoms with Crippen LogP contribution in [0.3, 0.4) is 0 Å². The third-order valence-corrected chi connectivity index (χ3v) is 5.66. The van der Waals surface area contributed by atoms with Gasteiger partial charge in [-0.05, 0) is 49.3 Å². The van der Waals surface area contributed by atoms with Gasteiger partial charge >= 0.3 is 0 Å². The summed E-state index contributed by atoms with van der Waals surface area (Å²) in [5.41, 5.74) is 1.60. The van der Waals surface area contributed by atoms with Crippen molar-refractivity contribution < 1.29 is 8.42 Å². The Morgan fingerprint density at radius 2 is 1.90 bits per heavy atom. The topological polar surface area (TPSA) is 72.2 Å². The fraction of sp³-hybridized carbons (Fsp3) is 0.625. The van der Waals surface area contributed by atoms with E-state index in [1.165, 1.54) is 19.3 Å². The first-order valence-electron chi connectivity index (χ1n) is 7.69. The highest BCUT2D eigenvalue weighted by atomic mass is 32.2. The summed E-state index contributed by atoms with van der Waals surface area (Å²) in [7, 11) is -3.67. The molecular weight excluding hydrogens is 284 g/mol. The van der Waals surface area contributed by atoms with Gasteiger partial charge in [0.05, 0.1) is 4.90 Å². The minimum Gasteiger partial charge on any atom is -0.382 e. The fourth-order valence-corrected chi connectivity index (χ4v) is 4.22. The maximum Gasteiger partial charge on any atom is 0.238 e. The summed E-state index contributed by atoms with van der Waals surface area (Å²) in [6.45, 7) is 6.34. The molecule has 2 rings (SSSR count). The van der Waals surface area contributed by atoms with Gasteiger partial charge in [0.2, 0.25) is 10.0 Å². The largest absolute Gasteiger partial charge is 0.382 e. The van der Waals surface area contributed by atoms with E-state index < -0.39 is 10.0 Å². The van der Waals surface area contributed by atoms with Crippen molar-refractivity contribution in [1.82, 2.24) is 0 Å². The first-order valence-corrected chi connectivity index (χ1v) is 9.24. The number of hydrogen-bond donors (Lipinski definition) is 2. The van der Waals surface area contributed by atoms with Gasteiger partial charge in [-0.25, -0.2) is 13.6 Å². The van der Waals surface area contributed by atoms with Gasteiger partial charge < -0.3 is 5.32 Å². The average molecular weight is 310 g/mol. The summed E-state index contributed by atoms with van der Waals surface area (Å²) >= 11 is 0. The minimum absolute atomic E-state index is 0.212. The van der Waals surface area contributed by atoms with Crippen molar-refractivity contribution in [2.75, 3.05) is 5.32 Å². The second kappa shape index (κ2) is 6.36. The lowest BCUT2D eigenvalue weighted by molar-refractivity contribution is 0.253. The monoisotopic (exact) mass is 310 g/mol. The fourth-order valence-electron chi connectivity index (χ4n) is 3.42. The van der Waals surface area contributed by atoms with Gasteiger partial charge in [-0.15, -0.1) is 0 Å². The lowest BCUT2D eigenvalue weighted by atomic mass is 9.77. The molecule has 0 saturated heterocycles. The first kappa shape index (κ1) is 16.3. The van der Waals surface area contributed by atoms with E-state index >= 15 is 0 Å². The summed E-state index contributed by atoms with van der Waals surface area (Å²) in [6.07, 6.45) is 4.90. The zero-order valence-corrected chi connectivity index (χ0v) is 13.9. The Morgan fingerprint density at radius 1 is 1.24 bits per heavy atom. The summed E-state index contributed by atoms with van der Waals surface area (Å²) in [5.74, 6) is 1.26. The van der Waals surface area contributed by atoms with Gasteiger partial charge in [-0.2, -0.15) is 0 Å². The van der Waals surface area contributed by atoms with Crippen molar-refractivity contribution in [1.29, 1.82) is 0 Å². The summed E-state index contributed by atoms with van der Waals surface area (Å²) in [4.78, 5) is 0.212. The van der Waals surface area contributed by atoms with Crippen LogP contribution in [0.2, 0.25) is 0 Å². The van der Waals surface area contributed by atoms with Crippen molar-refractivity contribution in [3.8, 4) is 0 Å². The molecule has 1 aromatic rings. The summed E-state index contributed by atoms with van der Waals surface area (Å²) in [5, 5.41) is 8.85. The molecule has 0 aliphatic heterocycles. The van der Waals surface area contributed by atoms with Crippen LogP contribution >= 0.6 is 0 Å². The molecule has 1 aliphatic rings. The lowest BCUT2D eigenvalue weighted by Crippen LogP contribution is -2.35. The highest BCUT2D eigenvalue weighted by Crippen LogP contribution is 2.33. The molecule has 21 heavy (non-hydrogen) atoms. The van der Waals surface area contributed by atoms with Crippen LogP contribution in [0, 0.1) is 18.8 Å². The number of nitrogens with one attached hydrogen (secondary N) is 1. The molecule has 2 atom stereocenters. The highest BCUT2D eigenvalue weighted by molar-refractivity contribution is 7.89. The standard InChI is InChI=1S/C16H26N2O2S/c1-11(2)13-7-4-5-8-15(13)18-14-9-6-10-16(12(14)3)21(17,19)20/h6,9-11,13,15,18H,4-5,7-8H2,1-3H3,(H2,17,19,20). The Morgan fingerprint density at radius 3 is 2.52 bits per heavy atom. The first-order chi connectivity index (χ1) is 9.80. The van der Waals surface area contributed by atoms with E-state index in [9.17, 15) is 8.42 Å². The van der Waals surface area contributed by atoms with E-state index in [4.69, 9.17) is 5.14 Å². The maximum absolute atomic E-state index is 11.6. The molecule has 4 nitrogen and oxygen atoms in total. The normalized spacial score (nSPS) is 23.3. The van der Waals surface area contributed by atoms with Crippen LogP contribution in [0.15, 0.2) is 23.1 Å². The predicted octanol–water partition coefficient (Wildman–Crippen LogP) is 3.27. The lowest BCUT2D eigenvalue weighted by Gasteiger charge is -2.36. The van der Waals surface area contributed by atoms with Crippen LogP contribution in [0.5, 0.6) is 0 Å². The molecule has 0 aromatic heterocycles. The molecule has 0 bridgehead atoms. The number of benzene rings is 1. The van der Waals surface area contributed by atoms with E-state index in [1.807, 2.05) is 13.0 Å². The zero-order valence-electron chi connectivity index (χ0n) is 13.1. The number of sulfonamides is 1. The molecule has 2 unspecified atom stereocenters.